The minimum Gasteiger partial charge on any atom is -0.497 e. The van der Waals surface area contributed by atoms with Crippen molar-refractivity contribution in [2.45, 2.75) is 18.4 Å². The highest BCUT2D eigenvalue weighted by atomic mass is 35.5. The van der Waals surface area contributed by atoms with E-state index in [0.29, 0.717) is 18.0 Å². The van der Waals surface area contributed by atoms with Crippen molar-refractivity contribution >= 4 is 23.4 Å². The first-order chi connectivity index (χ1) is 14.4. The van der Waals surface area contributed by atoms with E-state index < -0.39 is 36.3 Å². The standard InChI is InChI=1S/C20H22ClF3N4O2/c1-30-13-8-15(23)19(16(24)9-13)14-11-28(7-5-22)6-4-17(14)26-20(29)27-18-3-2-12(21)10-25-18/h2-3,8-10,14,17H,4-7,11H2,1H3,(H2,25,26,27,29). The molecule has 0 spiro atoms. The normalized spacial score (nSPS) is 19.4. The molecule has 1 aromatic carbocycles. The molecule has 2 amide bonds. The quantitative estimate of drug-likeness (QED) is 0.710. The number of piperidine rings is 1. The second kappa shape index (κ2) is 9.99. The average Bonchev–Trinajstić information content (AvgIpc) is 2.71. The smallest absolute Gasteiger partial charge is 0.320 e. The van der Waals surface area contributed by atoms with E-state index in [4.69, 9.17) is 16.3 Å². The number of carbonyl (C=O) groups is 1. The summed E-state index contributed by atoms with van der Waals surface area (Å²) in [4.78, 5) is 18.2. The van der Waals surface area contributed by atoms with Crippen molar-refractivity contribution in [3.63, 3.8) is 0 Å². The van der Waals surface area contributed by atoms with Crippen molar-refractivity contribution in [2.75, 3.05) is 38.7 Å². The Balaban J connectivity index is 1.81. The number of pyridine rings is 1. The molecule has 1 saturated heterocycles. The first-order valence-electron chi connectivity index (χ1n) is 9.41. The number of nitrogens with zero attached hydrogens (tertiary/aromatic N) is 2. The van der Waals surface area contributed by atoms with E-state index in [-0.39, 0.29) is 30.2 Å². The predicted octanol–water partition coefficient (Wildman–Crippen LogP) is 3.97. The van der Waals surface area contributed by atoms with Crippen molar-refractivity contribution in [2.24, 2.45) is 0 Å². The summed E-state index contributed by atoms with van der Waals surface area (Å²) < 4.78 is 47.2. The average molecular weight is 443 g/mol. The van der Waals surface area contributed by atoms with Crippen molar-refractivity contribution in [1.82, 2.24) is 15.2 Å². The van der Waals surface area contributed by atoms with Crippen LogP contribution in [0.4, 0.5) is 23.8 Å². The van der Waals surface area contributed by atoms with Gasteiger partial charge in [0, 0.05) is 55.5 Å². The molecular formula is C20H22ClF3N4O2. The zero-order valence-electron chi connectivity index (χ0n) is 16.3. The molecule has 6 nitrogen and oxygen atoms in total. The van der Waals surface area contributed by atoms with Gasteiger partial charge in [-0.25, -0.2) is 22.9 Å². The topological polar surface area (TPSA) is 66.5 Å². The fourth-order valence-electron chi connectivity index (χ4n) is 3.61. The highest BCUT2D eigenvalue weighted by molar-refractivity contribution is 6.30. The number of benzene rings is 1. The zero-order chi connectivity index (χ0) is 21.7. The molecule has 1 fully saturated rings. The van der Waals surface area contributed by atoms with Gasteiger partial charge in [-0.2, -0.15) is 0 Å². The Labute approximate surface area is 177 Å². The molecule has 1 aromatic heterocycles. The molecule has 0 bridgehead atoms. The third-order valence-electron chi connectivity index (χ3n) is 5.04. The number of rotatable bonds is 6. The number of likely N-dealkylation sites (tertiary alicyclic amines) is 1. The van der Waals surface area contributed by atoms with E-state index in [1.54, 1.807) is 11.0 Å². The largest absolute Gasteiger partial charge is 0.497 e. The molecule has 2 heterocycles. The number of alkyl halides is 1. The lowest BCUT2D eigenvalue weighted by molar-refractivity contribution is 0.161. The molecular weight excluding hydrogens is 421 g/mol. The van der Waals surface area contributed by atoms with Gasteiger partial charge in [0.1, 0.15) is 29.9 Å². The number of ether oxygens (including phenoxy) is 1. The molecule has 1 aliphatic heterocycles. The number of nitrogens with one attached hydrogen (secondary N) is 2. The van der Waals surface area contributed by atoms with Crippen molar-refractivity contribution in [1.29, 1.82) is 0 Å². The number of halogens is 4. The van der Waals surface area contributed by atoms with Crippen LogP contribution in [0, 0.1) is 11.6 Å². The minimum atomic E-state index is -0.773. The van der Waals surface area contributed by atoms with E-state index in [0.717, 1.165) is 12.1 Å². The minimum absolute atomic E-state index is 0.0567. The van der Waals surface area contributed by atoms with Gasteiger partial charge in [0.05, 0.1) is 12.1 Å². The van der Waals surface area contributed by atoms with Gasteiger partial charge in [0.15, 0.2) is 0 Å². The van der Waals surface area contributed by atoms with Crippen LogP contribution in [-0.2, 0) is 0 Å². The summed E-state index contributed by atoms with van der Waals surface area (Å²) in [7, 11) is 1.32. The SMILES string of the molecule is COc1cc(F)c(C2CN(CCF)CCC2NC(=O)Nc2ccc(Cl)cn2)c(F)c1. The fourth-order valence-corrected chi connectivity index (χ4v) is 3.72. The summed E-state index contributed by atoms with van der Waals surface area (Å²) >= 11 is 5.78. The van der Waals surface area contributed by atoms with Crippen LogP contribution < -0.4 is 15.4 Å². The Morgan fingerprint density at radius 2 is 2.07 bits per heavy atom. The van der Waals surface area contributed by atoms with Crippen LogP contribution in [0.1, 0.15) is 17.9 Å². The predicted molar refractivity (Wildman–Crippen MR) is 108 cm³/mol. The summed E-state index contributed by atoms with van der Waals surface area (Å²) in [5, 5.41) is 5.76. The van der Waals surface area contributed by atoms with E-state index in [1.807, 2.05) is 0 Å². The van der Waals surface area contributed by atoms with Crippen molar-refractivity contribution in [3.05, 3.63) is 52.7 Å². The Bertz CT molecular complexity index is 862. The summed E-state index contributed by atoms with van der Waals surface area (Å²) in [6.45, 7) is 0.281. The van der Waals surface area contributed by atoms with E-state index in [9.17, 15) is 18.0 Å². The summed E-state index contributed by atoms with van der Waals surface area (Å²) in [5.41, 5.74) is -0.158. The van der Waals surface area contributed by atoms with E-state index >= 15 is 0 Å². The Kier molecular flexibility index (Phi) is 7.38. The molecule has 162 valence electrons. The molecule has 2 unspecified atom stereocenters. The van der Waals surface area contributed by atoms with Gasteiger partial charge in [-0.3, -0.25) is 10.2 Å². The first kappa shape index (κ1) is 22.2. The van der Waals surface area contributed by atoms with Crippen LogP contribution in [-0.4, -0.2) is 55.4 Å². The third kappa shape index (κ3) is 5.34. The van der Waals surface area contributed by atoms with Crippen LogP contribution >= 0.6 is 11.6 Å². The number of hydrogen-bond donors (Lipinski definition) is 2. The lowest BCUT2D eigenvalue weighted by atomic mass is 9.85. The Hall–Kier alpha value is -2.52. The molecule has 2 N–H and O–H groups in total. The maximum atomic E-state index is 14.7. The van der Waals surface area contributed by atoms with Gasteiger partial charge in [-0.05, 0) is 18.6 Å². The number of aromatic nitrogens is 1. The molecule has 2 aromatic rings. The van der Waals surface area contributed by atoms with Crippen LogP contribution in [0.15, 0.2) is 30.5 Å². The molecule has 30 heavy (non-hydrogen) atoms. The Morgan fingerprint density at radius 3 is 2.67 bits per heavy atom. The number of hydrogen-bond acceptors (Lipinski definition) is 4. The monoisotopic (exact) mass is 442 g/mol. The zero-order valence-corrected chi connectivity index (χ0v) is 17.1. The van der Waals surface area contributed by atoms with Crippen molar-refractivity contribution in [3.8, 4) is 5.75 Å². The molecule has 0 aliphatic carbocycles. The van der Waals surface area contributed by atoms with E-state index in [1.165, 1.54) is 19.4 Å². The Morgan fingerprint density at radius 1 is 1.33 bits per heavy atom. The summed E-state index contributed by atoms with van der Waals surface area (Å²) in [6, 6.07) is 4.18. The highest BCUT2D eigenvalue weighted by Crippen LogP contribution is 2.33. The summed E-state index contributed by atoms with van der Waals surface area (Å²) in [5.74, 6) is -1.91. The summed E-state index contributed by atoms with van der Waals surface area (Å²) in [6.07, 6.45) is 1.79. The maximum Gasteiger partial charge on any atom is 0.320 e. The lowest BCUT2D eigenvalue weighted by Gasteiger charge is -2.39. The van der Waals surface area contributed by atoms with Crippen LogP contribution in [0.25, 0.3) is 0 Å². The highest BCUT2D eigenvalue weighted by Gasteiger charge is 2.35. The number of amides is 2. The number of methoxy groups -OCH3 is 1. The van der Waals surface area contributed by atoms with Gasteiger partial charge in [0.25, 0.3) is 0 Å². The van der Waals surface area contributed by atoms with Gasteiger partial charge < -0.3 is 10.1 Å². The van der Waals surface area contributed by atoms with Crippen LogP contribution in [0.2, 0.25) is 5.02 Å². The lowest BCUT2D eigenvalue weighted by Crippen LogP contribution is -2.51. The fraction of sp³-hybridized carbons (Fsp3) is 0.400. The third-order valence-corrected chi connectivity index (χ3v) is 5.27. The van der Waals surface area contributed by atoms with Gasteiger partial charge in [0.2, 0.25) is 0 Å². The number of anilines is 1. The number of urea groups is 1. The molecule has 2 atom stereocenters. The second-order valence-electron chi connectivity index (χ2n) is 6.96. The maximum absolute atomic E-state index is 14.7. The van der Waals surface area contributed by atoms with Crippen LogP contribution in [0.5, 0.6) is 5.75 Å². The van der Waals surface area contributed by atoms with Crippen LogP contribution in [0.3, 0.4) is 0 Å². The number of carbonyl (C=O) groups excluding carboxylic acids is 1. The van der Waals surface area contributed by atoms with Gasteiger partial charge >= 0.3 is 6.03 Å². The van der Waals surface area contributed by atoms with E-state index in [2.05, 4.69) is 15.6 Å². The van der Waals surface area contributed by atoms with Crippen molar-refractivity contribution < 1.29 is 22.7 Å². The van der Waals surface area contributed by atoms with Gasteiger partial charge in [-0.15, -0.1) is 0 Å². The molecule has 0 radical (unpaired) electrons. The molecule has 10 heteroatoms. The first-order valence-corrected chi connectivity index (χ1v) is 9.79. The van der Waals surface area contributed by atoms with Gasteiger partial charge in [-0.1, -0.05) is 11.6 Å². The molecule has 3 rings (SSSR count). The molecule has 0 saturated carbocycles. The second-order valence-corrected chi connectivity index (χ2v) is 7.39. The molecule has 1 aliphatic rings.